The predicted molar refractivity (Wildman–Crippen MR) is 87.3 cm³/mol. The number of halogens is 1. The summed E-state index contributed by atoms with van der Waals surface area (Å²) in [6.45, 7) is 3.71. The average molecular weight is 339 g/mol. The number of alkyl halides is 1. The van der Waals surface area contributed by atoms with Crippen molar-refractivity contribution < 1.29 is 9.47 Å². The highest BCUT2D eigenvalue weighted by Crippen LogP contribution is 2.15. The third-order valence-corrected chi connectivity index (χ3v) is 3.81. The molecule has 1 atom stereocenters. The van der Waals surface area contributed by atoms with Crippen LogP contribution >= 0.6 is 11.6 Å². The molecule has 23 heavy (non-hydrogen) atoms. The minimum Gasteiger partial charge on any atom is -0.463 e. The minimum absolute atomic E-state index is 0.0567. The van der Waals surface area contributed by atoms with Crippen molar-refractivity contribution >= 4 is 17.6 Å². The maximum absolute atomic E-state index is 11.6. The van der Waals surface area contributed by atoms with E-state index in [9.17, 15) is 4.79 Å². The molecule has 3 rings (SSSR count). The normalized spacial score (nSPS) is 21.3. The van der Waals surface area contributed by atoms with Crippen LogP contribution < -0.4 is 10.9 Å². The van der Waals surface area contributed by atoms with Gasteiger partial charge in [0.2, 0.25) is 0 Å². The first-order valence-corrected chi connectivity index (χ1v) is 7.98. The van der Waals surface area contributed by atoms with E-state index in [1.165, 1.54) is 6.07 Å². The van der Waals surface area contributed by atoms with E-state index in [2.05, 4.69) is 15.2 Å². The van der Waals surface area contributed by atoms with Crippen molar-refractivity contribution in [3.63, 3.8) is 0 Å². The molecule has 0 radical (unpaired) electrons. The molecule has 2 aliphatic rings. The van der Waals surface area contributed by atoms with Crippen molar-refractivity contribution in [2.24, 2.45) is 4.99 Å². The zero-order valence-corrected chi connectivity index (χ0v) is 13.4. The van der Waals surface area contributed by atoms with Crippen LogP contribution in [0.4, 0.5) is 0 Å². The average Bonchev–Trinajstić information content (AvgIpc) is 2.57. The number of pyridine rings is 1. The molecule has 1 aromatic rings. The van der Waals surface area contributed by atoms with Crippen LogP contribution in [0.15, 0.2) is 46.1 Å². The Morgan fingerprint density at radius 1 is 1.39 bits per heavy atom. The molecule has 0 saturated carbocycles. The number of nitrogens with zero attached hydrogens (tertiary/aromatic N) is 3. The molecule has 0 bridgehead atoms. The first kappa shape index (κ1) is 15.9. The zero-order valence-electron chi connectivity index (χ0n) is 12.7. The summed E-state index contributed by atoms with van der Waals surface area (Å²) in [6.07, 6.45) is 3.58. The number of morpholine rings is 1. The van der Waals surface area contributed by atoms with E-state index in [1.807, 2.05) is 12.1 Å². The van der Waals surface area contributed by atoms with Gasteiger partial charge in [-0.3, -0.25) is 4.79 Å². The van der Waals surface area contributed by atoms with Crippen LogP contribution in [0.3, 0.4) is 0 Å². The van der Waals surface area contributed by atoms with Gasteiger partial charge in [0, 0.05) is 25.4 Å². The Morgan fingerprint density at radius 2 is 2.22 bits per heavy atom. The Kier molecular flexibility index (Phi) is 5.19. The maximum atomic E-state index is 11.6. The molecule has 3 heterocycles. The third kappa shape index (κ3) is 4.27. The summed E-state index contributed by atoms with van der Waals surface area (Å²) in [6, 6.07) is 5.42. The number of hydrogen-bond acceptors (Lipinski definition) is 6. The second-order valence-electron chi connectivity index (χ2n) is 5.17. The summed E-state index contributed by atoms with van der Waals surface area (Å²) in [4.78, 5) is 18.2. The van der Waals surface area contributed by atoms with Gasteiger partial charge in [0.1, 0.15) is 17.9 Å². The summed E-state index contributed by atoms with van der Waals surface area (Å²) in [7, 11) is 0. The van der Waals surface area contributed by atoms with Crippen molar-refractivity contribution in [3.05, 3.63) is 46.6 Å². The van der Waals surface area contributed by atoms with Crippen LogP contribution in [0.2, 0.25) is 0 Å². The van der Waals surface area contributed by atoms with E-state index in [0.717, 1.165) is 18.9 Å². The lowest BCUT2D eigenvalue weighted by molar-refractivity contribution is 0.0525. The van der Waals surface area contributed by atoms with Crippen LogP contribution in [0.1, 0.15) is 0 Å². The Morgan fingerprint density at radius 3 is 3.00 bits per heavy atom. The largest absolute Gasteiger partial charge is 0.463 e. The SMILES string of the molecule is O=c1ccccn1CCOC1=NC(N2CCOCC2)=CC(Cl)N1. The van der Waals surface area contributed by atoms with Crippen molar-refractivity contribution in [2.75, 3.05) is 32.9 Å². The molecule has 1 unspecified atom stereocenters. The number of rotatable bonds is 4. The fraction of sp³-hybridized carbons (Fsp3) is 0.467. The first-order valence-electron chi connectivity index (χ1n) is 7.54. The molecule has 2 aliphatic heterocycles. The number of ether oxygens (including phenoxy) is 2. The smallest absolute Gasteiger partial charge is 0.292 e. The number of nitrogens with one attached hydrogen (secondary N) is 1. The monoisotopic (exact) mass is 338 g/mol. The Hall–Kier alpha value is -1.99. The third-order valence-electron chi connectivity index (χ3n) is 3.58. The highest BCUT2D eigenvalue weighted by molar-refractivity contribution is 6.22. The molecule has 124 valence electrons. The molecule has 0 spiro atoms. The quantitative estimate of drug-likeness (QED) is 0.642. The van der Waals surface area contributed by atoms with Crippen molar-refractivity contribution in [2.45, 2.75) is 12.0 Å². The zero-order chi connectivity index (χ0) is 16.1. The van der Waals surface area contributed by atoms with Gasteiger partial charge in [-0.15, -0.1) is 0 Å². The van der Waals surface area contributed by atoms with Crippen molar-refractivity contribution in [1.29, 1.82) is 0 Å². The van der Waals surface area contributed by atoms with Gasteiger partial charge in [0.25, 0.3) is 11.6 Å². The highest BCUT2D eigenvalue weighted by atomic mass is 35.5. The molecule has 0 aliphatic carbocycles. The van der Waals surface area contributed by atoms with Crippen LogP contribution in [-0.2, 0) is 16.0 Å². The van der Waals surface area contributed by atoms with E-state index in [4.69, 9.17) is 21.1 Å². The number of aliphatic imine (C=N–C) groups is 1. The number of amidine groups is 1. The Bertz CT molecular complexity index is 652. The number of aromatic nitrogens is 1. The van der Waals surface area contributed by atoms with E-state index in [0.29, 0.717) is 32.4 Å². The maximum Gasteiger partial charge on any atom is 0.292 e. The van der Waals surface area contributed by atoms with E-state index < -0.39 is 0 Å². The van der Waals surface area contributed by atoms with Gasteiger partial charge in [0.15, 0.2) is 0 Å². The van der Waals surface area contributed by atoms with Crippen LogP contribution in [-0.4, -0.2) is 53.9 Å². The van der Waals surface area contributed by atoms with E-state index in [-0.39, 0.29) is 11.1 Å². The van der Waals surface area contributed by atoms with Gasteiger partial charge in [-0.2, -0.15) is 4.99 Å². The minimum atomic E-state index is -0.375. The molecule has 1 saturated heterocycles. The molecule has 7 nitrogen and oxygen atoms in total. The molecule has 8 heteroatoms. The lowest BCUT2D eigenvalue weighted by Gasteiger charge is -2.31. The summed E-state index contributed by atoms with van der Waals surface area (Å²) >= 11 is 6.19. The molecule has 1 aromatic heterocycles. The lowest BCUT2D eigenvalue weighted by atomic mass is 10.4. The van der Waals surface area contributed by atoms with Crippen molar-refractivity contribution in [3.8, 4) is 0 Å². The summed E-state index contributed by atoms with van der Waals surface area (Å²) in [5, 5.41) is 2.96. The van der Waals surface area contributed by atoms with Gasteiger partial charge >= 0.3 is 0 Å². The van der Waals surface area contributed by atoms with Gasteiger partial charge in [-0.05, 0) is 12.1 Å². The van der Waals surface area contributed by atoms with E-state index >= 15 is 0 Å². The predicted octanol–water partition coefficient (Wildman–Crippen LogP) is 0.563. The summed E-state index contributed by atoms with van der Waals surface area (Å²) < 4.78 is 12.6. The standard InChI is InChI=1S/C15H19ClN4O3/c16-12-11-13(19-5-8-22-9-6-19)18-15(17-12)23-10-7-20-4-2-1-3-14(20)21/h1-4,11-12H,5-10H2,(H,17,18). The first-order chi connectivity index (χ1) is 11.2. The molecule has 1 N–H and O–H groups in total. The molecular formula is C15H19ClN4O3. The van der Waals surface area contributed by atoms with Gasteiger partial charge in [-0.25, -0.2) is 0 Å². The van der Waals surface area contributed by atoms with E-state index in [1.54, 1.807) is 16.8 Å². The topological polar surface area (TPSA) is 68.1 Å². The second kappa shape index (κ2) is 7.52. The second-order valence-corrected chi connectivity index (χ2v) is 5.64. The van der Waals surface area contributed by atoms with Gasteiger partial charge in [0.05, 0.1) is 19.8 Å². The van der Waals surface area contributed by atoms with Crippen LogP contribution in [0.5, 0.6) is 0 Å². The number of hydrogen-bond donors (Lipinski definition) is 1. The molecular weight excluding hydrogens is 320 g/mol. The van der Waals surface area contributed by atoms with Crippen molar-refractivity contribution in [1.82, 2.24) is 14.8 Å². The van der Waals surface area contributed by atoms with Crippen LogP contribution in [0.25, 0.3) is 0 Å². The summed E-state index contributed by atoms with van der Waals surface area (Å²) in [5.74, 6) is 0.791. The Balaban J connectivity index is 1.58. The lowest BCUT2D eigenvalue weighted by Crippen LogP contribution is -2.41. The highest BCUT2D eigenvalue weighted by Gasteiger charge is 2.20. The fourth-order valence-electron chi connectivity index (χ4n) is 2.39. The fourth-order valence-corrected chi connectivity index (χ4v) is 2.60. The molecule has 0 amide bonds. The van der Waals surface area contributed by atoms with Crippen LogP contribution in [0, 0.1) is 0 Å². The molecule has 1 fully saturated rings. The summed E-state index contributed by atoms with van der Waals surface area (Å²) in [5.41, 5.74) is -0.432. The molecule has 0 aromatic carbocycles. The van der Waals surface area contributed by atoms with Gasteiger partial charge < -0.3 is 24.3 Å². The van der Waals surface area contributed by atoms with Gasteiger partial charge in [-0.1, -0.05) is 17.7 Å². The Labute approximate surface area is 139 Å².